The Morgan fingerprint density at radius 2 is 1.93 bits per heavy atom. The summed E-state index contributed by atoms with van der Waals surface area (Å²) in [5.74, 6) is -0.266. The molecule has 0 aromatic heterocycles. The minimum Gasteiger partial charge on any atom is -0.466 e. The molecule has 0 N–H and O–H groups in total. The molecule has 0 saturated carbocycles. The predicted molar refractivity (Wildman–Crippen MR) is 106 cm³/mol. The zero-order chi connectivity index (χ0) is 20.6. The highest BCUT2D eigenvalue weighted by Gasteiger charge is 2.41. The molecular formula is C20H25N3O5S. The van der Waals surface area contributed by atoms with E-state index in [9.17, 15) is 18.0 Å². The van der Waals surface area contributed by atoms with Crippen molar-refractivity contribution in [3.05, 3.63) is 29.8 Å². The molecule has 156 valence electrons. The van der Waals surface area contributed by atoms with E-state index in [0.29, 0.717) is 44.1 Å². The van der Waals surface area contributed by atoms with Gasteiger partial charge in [0.1, 0.15) is 10.9 Å². The van der Waals surface area contributed by atoms with Gasteiger partial charge in [-0.2, -0.15) is 8.42 Å². The van der Waals surface area contributed by atoms with Crippen LogP contribution < -0.4 is 0 Å². The average Bonchev–Trinajstić information content (AvgIpc) is 3.30. The number of amidine groups is 1. The number of likely N-dealkylation sites (tertiary alicyclic amines) is 2. The molecule has 1 aromatic carbocycles. The normalized spacial score (nSPS) is 25.5. The summed E-state index contributed by atoms with van der Waals surface area (Å²) in [4.78, 5) is 29.1. The van der Waals surface area contributed by atoms with E-state index < -0.39 is 16.1 Å². The molecule has 2 fully saturated rings. The van der Waals surface area contributed by atoms with Crippen LogP contribution in [0.5, 0.6) is 0 Å². The zero-order valence-corrected chi connectivity index (χ0v) is 17.2. The van der Waals surface area contributed by atoms with E-state index in [0.717, 1.165) is 19.3 Å². The van der Waals surface area contributed by atoms with Crippen molar-refractivity contribution < 1.29 is 22.7 Å². The van der Waals surface area contributed by atoms with Gasteiger partial charge in [-0.25, -0.2) is 0 Å². The average molecular weight is 420 g/mol. The molecule has 2 atom stereocenters. The number of benzene rings is 1. The van der Waals surface area contributed by atoms with Gasteiger partial charge in [0.2, 0.25) is 5.91 Å². The van der Waals surface area contributed by atoms with Gasteiger partial charge in [-0.05, 0) is 44.7 Å². The maximum atomic E-state index is 13.3. The summed E-state index contributed by atoms with van der Waals surface area (Å²) >= 11 is 0. The summed E-state index contributed by atoms with van der Waals surface area (Å²) in [6.07, 6.45) is 2.89. The summed E-state index contributed by atoms with van der Waals surface area (Å²) in [6.45, 7) is 3.62. The van der Waals surface area contributed by atoms with Crippen LogP contribution in [0.15, 0.2) is 33.6 Å². The maximum Gasteiger partial charge on any atom is 0.310 e. The summed E-state index contributed by atoms with van der Waals surface area (Å²) < 4.78 is 33.9. The Bertz CT molecular complexity index is 959. The Balaban J connectivity index is 1.55. The number of amides is 1. The van der Waals surface area contributed by atoms with Crippen molar-refractivity contribution in [1.29, 1.82) is 0 Å². The predicted octanol–water partition coefficient (Wildman–Crippen LogP) is 1.40. The number of hydrogen-bond acceptors (Lipinski definition) is 6. The lowest BCUT2D eigenvalue weighted by Crippen LogP contribution is -2.51. The molecule has 3 heterocycles. The van der Waals surface area contributed by atoms with Crippen molar-refractivity contribution in [2.24, 2.45) is 10.3 Å². The van der Waals surface area contributed by atoms with Crippen LogP contribution in [0.1, 0.15) is 38.2 Å². The van der Waals surface area contributed by atoms with Gasteiger partial charge in [-0.15, -0.1) is 4.40 Å². The van der Waals surface area contributed by atoms with E-state index in [-0.39, 0.29) is 22.7 Å². The maximum absolute atomic E-state index is 13.3. The first kappa shape index (κ1) is 19.9. The van der Waals surface area contributed by atoms with Gasteiger partial charge in [-0.3, -0.25) is 9.59 Å². The first-order valence-electron chi connectivity index (χ1n) is 10.1. The molecule has 4 rings (SSSR count). The quantitative estimate of drug-likeness (QED) is 0.687. The molecule has 1 aromatic rings. The van der Waals surface area contributed by atoms with Gasteiger partial charge >= 0.3 is 5.97 Å². The fourth-order valence-electron chi connectivity index (χ4n) is 4.41. The Morgan fingerprint density at radius 1 is 1.17 bits per heavy atom. The Hall–Kier alpha value is -2.42. The second kappa shape index (κ2) is 7.78. The van der Waals surface area contributed by atoms with E-state index in [4.69, 9.17) is 4.74 Å². The monoisotopic (exact) mass is 419 g/mol. The minimum atomic E-state index is -3.73. The molecule has 29 heavy (non-hydrogen) atoms. The van der Waals surface area contributed by atoms with Crippen LogP contribution in [0.3, 0.4) is 0 Å². The second-order valence-corrected chi connectivity index (χ2v) is 9.19. The van der Waals surface area contributed by atoms with E-state index >= 15 is 0 Å². The van der Waals surface area contributed by atoms with E-state index in [2.05, 4.69) is 4.40 Å². The van der Waals surface area contributed by atoms with Crippen molar-refractivity contribution in [3.63, 3.8) is 0 Å². The molecule has 3 aliphatic rings. The van der Waals surface area contributed by atoms with Crippen LogP contribution in [0, 0.1) is 5.92 Å². The number of rotatable bonds is 3. The molecule has 0 bridgehead atoms. The summed E-state index contributed by atoms with van der Waals surface area (Å²) in [5.41, 5.74) is 0.551. The first-order chi connectivity index (χ1) is 13.9. The number of hydrogen-bond donors (Lipinski definition) is 0. The van der Waals surface area contributed by atoms with Crippen molar-refractivity contribution in [2.45, 2.75) is 43.5 Å². The van der Waals surface area contributed by atoms with Gasteiger partial charge in [0.05, 0.1) is 12.5 Å². The largest absolute Gasteiger partial charge is 0.466 e. The third kappa shape index (κ3) is 3.63. The van der Waals surface area contributed by atoms with Crippen LogP contribution in [0.4, 0.5) is 0 Å². The molecule has 3 aliphatic heterocycles. The van der Waals surface area contributed by atoms with Crippen LogP contribution in [0.25, 0.3) is 0 Å². The van der Waals surface area contributed by atoms with Crippen molar-refractivity contribution in [1.82, 2.24) is 9.80 Å². The van der Waals surface area contributed by atoms with Gasteiger partial charge in [0.15, 0.2) is 5.84 Å². The zero-order valence-electron chi connectivity index (χ0n) is 16.4. The van der Waals surface area contributed by atoms with Gasteiger partial charge in [-0.1, -0.05) is 12.1 Å². The molecular weight excluding hydrogens is 394 g/mol. The molecule has 0 spiro atoms. The van der Waals surface area contributed by atoms with Crippen molar-refractivity contribution in [2.75, 3.05) is 26.2 Å². The smallest absolute Gasteiger partial charge is 0.310 e. The van der Waals surface area contributed by atoms with Gasteiger partial charge < -0.3 is 14.5 Å². The summed E-state index contributed by atoms with van der Waals surface area (Å²) in [7, 11) is -3.73. The van der Waals surface area contributed by atoms with E-state index in [1.165, 1.54) is 0 Å². The summed E-state index contributed by atoms with van der Waals surface area (Å²) in [6, 6.07) is 6.26. The van der Waals surface area contributed by atoms with Crippen molar-refractivity contribution in [3.8, 4) is 0 Å². The lowest BCUT2D eigenvalue weighted by Gasteiger charge is -2.35. The standard InChI is InChI=1S/C20H25N3O5S/c1-2-28-20(25)14-7-5-11-22(13-14)19(24)16-9-6-12-23(16)18-15-8-3-4-10-17(15)29(26,27)21-18/h3-4,8,10,14,16H,2,5-7,9,11-13H2,1H3/t14?,16-/m0/s1. The van der Waals surface area contributed by atoms with Gasteiger partial charge in [0.25, 0.3) is 10.0 Å². The number of piperidine rings is 1. The molecule has 0 radical (unpaired) electrons. The highest BCUT2D eigenvalue weighted by molar-refractivity contribution is 7.90. The molecule has 9 heteroatoms. The fourth-order valence-corrected chi connectivity index (χ4v) is 5.63. The number of ether oxygens (including phenoxy) is 1. The molecule has 1 unspecified atom stereocenters. The van der Waals surface area contributed by atoms with Crippen LogP contribution in [-0.4, -0.2) is 68.2 Å². The number of esters is 1. The Morgan fingerprint density at radius 3 is 2.72 bits per heavy atom. The fraction of sp³-hybridized carbons (Fsp3) is 0.550. The summed E-state index contributed by atoms with van der Waals surface area (Å²) in [5, 5.41) is 0. The first-order valence-corrected chi connectivity index (χ1v) is 11.5. The topological polar surface area (TPSA) is 96.3 Å². The molecule has 1 amide bonds. The van der Waals surface area contributed by atoms with Crippen LogP contribution in [0.2, 0.25) is 0 Å². The number of fused-ring (bicyclic) bond motifs is 1. The van der Waals surface area contributed by atoms with Gasteiger partial charge in [0, 0.05) is 25.2 Å². The number of carbonyl (C=O) groups excluding carboxylic acids is 2. The Labute approximate surface area is 170 Å². The van der Waals surface area contributed by atoms with E-state index in [1.807, 2.05) is 4.90 Å². The molecule has 0 aliphatic carbocycles. The second-order valence-electron chi connectivity index (χ2n) is 7.61. The molecule has 8 nitrogen and oxygen atoms in total. The van der Waals surface area contributed by atoms with Crippen LogP contribution in [-0.2, 0) is 24.3 Å². The lowest BCUT2D eigenvalue weighted by molar-refractivity contribution is -0.151. The van der Waals surface area contributed by atoms with Crippen LogP contribution >= 0.6 is 0 Å². The number of sulfonamides is 1. The minimum absolute atomic E-state index is 0.0685. The number of carbonyl (C=O) groups is 2. The number of nitrogens with zero attached hydrogens (tertiary/aromatic N) is 3. The third-order valence-corrected chi connectivity index (χ3v) is 7.10. The third-order valence-electron chi connectivity index (χ3n) is 5.78. The van der Waals surface area contributed by atoms with E-state index in [1.54, 1.807) is 36.1 Å². The lowest BCUT2D eigenvalue weighted by atomic mass is 9.97. The highest BCUT2D eigenvalue weighted by atomic mass is 32.2. The molecule has 2 saturated heterocycles. The Kier molecular flexibility index (Phi) is 5.33. The SMILES string of the molecule is CCOC(=O)C1CCCN(C(=O)[C@@H]2CCCN2C2=NS(=O)(=O)c3ccccc32)C1. The van der Waals surface area contributed by atoms with Crippen molar-refractivity contribution >= 4 is 27.7 Å². The highest BCUT2D eigenvalue weighted by Crippen LogP contribution is 2.32.